The number of hydrogen-bond donors (Lipinski definition) is 14. The van der Waals surface area contributed by atoms with Crippen LogP contribution in [0.4, 0.5) is 5.69 Å². The summed E-state index contributed by atoms with van der Waals surface area (Å²) >= 11 is 0. The number of ether oxygens (including phenoxy) is 6. The Hall–Kier alpha value is -11.3. The van der Waals surface area contributed by atoms with Crippen LogP contribution in [-0.2, 0) is 128 Å². The van der Waals surface area contributed by atoms with Crippen LogP contribution < -0.4 is 36.6 Å². The highest BCUT2D eigenvalue weighted by Crippen LogP contribution is 2.48. The van der Waals surface area contributed by atoms with Crippen LogP contribution in [0.3, 0.4) is 0 Å². The lowest BCUT2D eigenvalue weighted by atomic mass is 9.89. The molecule has 1 aromatic heterocycles. The van der Waals surface area contributed by atoms with E-state index in [-0.39, 0.29) is 145 Å². The number of rotatable bonds is 69. The maximum Gasteiger partial charge on any atom is 0.406 e. The number of carbonyl (C=O) groups excluding carboxylic acids is 9. The molecule has 7 rings (SSSR count). The van der Waals surface area contributed by atoms with Crippen molar-refractivity contribution in [3.8, 4) is 22.5 Å². The second kappa shape index (κ2) is 60.9. The van der Waals surface area contributed by atoms with Gasteiger partial charge >= 0.3 is 45.3 Å². The van der Waals surface area contributed by atoms with Gasteiger partial charge in [-0.2, -0.15) is 4.67 Å². The fourth-order valence-corrected chi connectivity index (χ4v) is 19.6. The van der Waals surface area contributed by atoms with E-state index >= 15 is 0 Å². The van der Waals surface area contributed by atoms with Crippen molar-refractivity contribution < 1.29 is 154 Å². The monoisotopic (exact) mass is 2090 g/mol. The molecular formula is C99H145N13O32P2. The molecule has 0 bridgehead atoms. The summed E-state index contributed by atoms with van der Waals surface area (Å²) in [5, 5.41) is 82.2. The zero-order chi connectivity index (χ0) is 108. The van der Waals surface area contributed by atoms with Gasteiger partial charge in [0.05, 0.1) is 127 Å². The number of aryl methyl sites for hydroxylation is 2. The predicted octanol–water partition coefficient (Wildman–Crippen LogP) is 7.20. The lowest BCUT2D eigenvalue weighted by Crippen LogP contribution is -2.59. The zero-order valence-electron chi connectivity index (χ0n) is 84.9. The molecule has 45 nitrogen and oxygen atoms in total. The summed E-state index contributed by atoms with van der Waals surface area (Å²) in [5.74, 6) is -14.5. The average Bonchev–Trinajstić information content (AvgIpc) is 1.60. The van der Waals surface area contributed by atoms with Crippen molar-refractivity contribution in [2.24, 2.45) is 29.6 Å². The average molecular weight is 2090 g/mol. The SMILES string of the molecule is CC[C@H](C)[C@@H]([C@@H](CC(=O)N1CCC([C@H](OC)[C@@H](C)C(=O)N[C@H](C)[C@@H](O)c2ccccc2)C1)OC)N(C)C(=O)[C@@H](NC(=O)[C@H](C(C)C)N(C)P(=O)(O)OC[C@H](NC(=O)c1ccc(CCCCCn2nnc3c2-c2ccccc2CN(C(=O)CCC(=O)CCOCCOCCOCCOCCC(=O)N[C@@H](CCC(=O)N[C@H](CCCOP(=O)(O)N[C@@H](CCC(=O)O)C(=O)O)C(=O)O)C(=O)O)c2ccccc2-3)cc1)C(=O)O)C(C)C. The quantitative estimate of drug-likeness (QED) is 0.0135. The minimum atomic E-state index is -5.06. The van der Waals surface area contributed by atoms with Gasteiger partial charge in [-0.1, -0.05) is 151 Å². The number of Topliss-reactive ketones (excluding diaryl/α,β-unsaturated/α-hetero) is 1. The van der Waals surface area contributed by atoms with Crippen molar-refractivity contribution >= 4 is 104 Å². The first-order valence-corrected chi connectivity index (χ1v) is 52.2. The molecule has 0 radical (unpaired) electrons. The van der Waals surface area contributed by atoms with Gasteiger partial charge in [0, 0.05) is 102 Å². The number of aliphatic hydroxyl groups excluding tert-OH is 1. The van der Waals surface area contributed by atoms with E-state index < -0.39 is 198 Å². The molecule has 8 amide bonds. The Kier molecular flexibility index (Phi) is 50.7. The summed E-state index contributed by atoms with van der Waals surface area (Å²) in [7, 11) is -4.12. The first-order valence-electron chi connectivity index (χ1n) is 49.1. The molecule has 3 unspecified atom stereocenters. The molecule has 2 aliphatic rings. The molecule has 2 aliphatic heterocycles. The van der Waals surface area contributed by atoms with Crippen molar-refractivity contribution in [2.45, 2.75) is 244 Å². The Labute approximate surface area is 849 Å². The first kappa shape index (κ1) is 122. The smallest absolute Gasteiger partial charge is 0.406 e. The summed E-state index contributed by atoms with van der Waals surface area (Å²) in [5.41, 5.74) is 5.96. The molecule has 16 atom stereocenters. The number of amides is 8. The number of benzene rings is 4. The van der Waals surface area contributed by atoms with E-state index in [1.165, 1.54) is 31.3 Å². The number of likely N-dealkylation sites (tertiary alicyclic amines) is 1. The van der Waals surface area contributed by atoms with Crippen LogP contribution in [0.15, 0.2) is 103 Å². The van der Waals surface area contributed by atoms with Crippen LogP contribution in [0.5, 0.6) is 0 Å². The fraction of sp³-hybridized carbons (Fsp3) is 0.596. The first-order chi connectivity index (χ1) is 69.3. The Morgan fingerprint density at radius 1 is 0.562 bits per heavy atom. The second-order valence-electron chi connectivity index (χ2n) is 37.0. The Balaban J connectivity index is 0.786. The molecular weight excluding hydrogens is 1950 g/mol. The number of anilines is 1. The van der Waals surface area contributed by atoms with Crippen LogP contribution in [0, 0.1) is 29.6 Å². The van der Waals surface area contributed by atoms with E-state index in [9.17, 15) is 112 Å². The van der Waals surface area contributed by atoms with Gasteiger partial charge in [0.1, 0.15) is 41.7 Å². The van der Waals surface area contributed by atoms with Crippen LogP contribution in [0.2, 0.25) is 0 Å². The van der Waals surface area contributed by atoms with E-state index in [1.54, 1.807) is 82.7 Å². The number of nitrogens with zero attached hydrogens (tertiary/aromatic N) is 7. The van der Waals surface area contributed by atoms with E-state index in [1.807, 2.05) is 90.3 Å². The van der Waals surface area contributed by atoms with E-state index in [2.05, 4.69) is 31.8 Å². The number of fused-ring (bicyclic) bond motifs is 5. The lowest BCUT2D eigenvalue weighted by molar-refractivity contribution is -0.146. The van der Waals surface area contributed by atoms with Gasteiger partial charge in [-0.15, -0.1) is 5.10 Å². The number of hydrogen-bond acceptors (Lipinski definition) is 27. The molecule has 146 heavy (non-hydrogen) atoms. The van der Waals surface area contributed by atoms with Crippen molar-refractivity contribution in [1.82, 2.24) is 61.1 Å². The van der Waals surface area contributed by atoms with E-state index in [0.717, 1.165) is 46.9 Å². The van der Waals surface area contributed by atoms with Crippen molar-refractivity contribution in [2.75, 3.05) is 112 Å². The number of ketones is 1. The van der Waals surface area contributed by atoms with Gasteiger partial charge < -0.3 is 110 Å². The molecule has 3 heterocycles. The summed E-state index contributed by atoms with van der Waals surface area (Å²) in [6.45, 7) is 14.8. The van der Waals surface area contributed by atoms with Crippen LogP contribution in [0.25, 0.3) is 22.5 Å². The van der Waals surface area contributed by atoms with Gasteiger partial charge in [-0.3, -0.25) is 61.8 Å². The summed E-state index contributed by atoms with van der Waals surface area (Å²) in [4.78, 5) is 208. The Morgan fingerprint density at radius 2 is 1.14 bits per heavy atom. The number of unbranched alkanes of at least 4 members (excludes halogenated alkanes) is 2. The maximum atomic E-state index is 14.9. The van der Waals surface area contributed by atoms with Crippen molar-refractivity contribution in [3.63, 3.8) is 0 Å². The van der Waals surface area contributed by atoms with E-state index in [4.69, 9.17) is 47.7 Å². The van der Waals surface area contributed by atoms with E-state index in [0.29, 0.717) is 67.8 Å². The third kappa shape index (κ3) is 38.1. The number of carboxylic acids is 5. The highest BCUT2D eigenvalue weighted by molar-refractivity contribution is 7.50. The minimum absolute atomic E-state index is 0.0313. The molecule has 4 aromatic carbocycles. The summed E-state index contributed by atoms with van der Waals surface area (Å²) in [6.07, 6.45) is -1.44. The number of carboxylic acid groups (broad SMARTS) is 5. The number of aromatic nitrogens is 3. The summed E-state index contributed by atoms with van der Waals surface area (Å²) < 4.78 is 73.4. The largest absolute Gasteiger partial charge is 0.481 e. The molecule has 0 aliphatic carbocycles. The molecule has 0 spiro atoms. The topological polar surface area (TPSA) is 625 Å². The molecule has 5 aromatic rings. The summed E-state index contributed by atoms with van der Waals surface area (Å²) in [6, 6.07) is 20.1. The highest BCUT2D eigenvalue weighted by Gasteiger charge is 2.46. The number of aliphatic carboxylic acids is 5. The maximum absolute atomic E-state index is 14.9. The van der Waals surface area contributed by atoms with Gasteiger partial charge in [-0.05, 0) is 118 Å². The number of methoxy groups -OCH3 is 2. The van der Waals surface area contributed by atoms with Crippen LogP contribution in [0.1, 0.15) is 191 Å². The number of nitrogens with one attached hydrogen (secondary N) is 6. The van der Waals surface area contributed by atoms with Gasteiger partial charge in [-0.25, -0.2) is 33.3 Å². The van der Waals surface area contributed by atoms with Gasteiger partial charge in [0.2, 0.25) is 41.4 Å². The van der Waals surface area contributed by atoms with Crippen LogP contribution >= 0.6 is 15.5 Å². The van der Waals surface area contributed by atoms with Crippen LogP contribution in [-0.4, -0.2) is 321 Å². The number of carbonyl (C=O) groups is 14. The Bertz CT molecular complexity index is 5230. The third-order valence-electron chi connectivity index (χ3n) is 25.7. The lowest BCUT2D eigenvalue weighted by Gasteiger charge is -2.40. The number of para-hydroxylation sites is 1. The molecule has 47 heteroatoms. The fourth-order valence-electron chi connectivity index (χ4n) is 17.3. The van der Waals surface area contributed by atoms with Gasteiger partial charge in [0.15, 0.2) is 6.04 Å². The molecule has 14 N–H and O–H groups in total. The number of likely N-dealkylation sites (N-methyl/N-ethyl adjacent to an activating group) is 2. The zero-order valence-corrected chi connectivity index (χ0v) is 86.7. The van der Waals surface area contributed by atoms with Gasteiger partial charge in [0.25, 0.3) is 5.91 Å². The molecule has 1 saturated heterocycles. The third-order valence-corrected chi connectivity index (χ3v) is 28.4. The Morgan fingerprint density at radius 3 is 1.74 bits per heavy atom. The predicted molar refractivity (Wildman–Crippen MR) is 531 cm³/mol. The highest BCUT2D eigenvalue weighted by atomic mass is 31.2. The molecule has 1 fully saturated rings. The molecule has 0 saturated carbocycles. The van der Waals surface area contributed by atoms with Crippen molar-refractivity contribution in [1.29, 1.82) is 0 Å². The number of aliphatic hydroxyl groups is 1. The minimum Gasteiger partial charge on any atom is -0.481 e. The standard InChI is InChI=1S/C99H145N13O32P2/c1-13-63(6)88(79(137-11)57-83(117)110-47-43-70(58-110)91(138-12)64(7)92(121)100-65(8)90(120)67-26-17-14-18-27-67)108(9)95(124)85(61(2)3)104-94(123)87(62(4)5)109(10)146(135,136)144-60-77(99(131)132)103-93(122)68-35-33-66(34-36-68)25-16-15-23-46-112-89-72-29-20-19-28-69(72)59-111(78-32-22-21-30-73(78)86(89)105-107-112)82(116)41-37-71(113)44-49-139-51-53-141-55-56-142-54-52-140-50-45-81(115)102-75(97(127)128)38-40-80(114)101-74(96(125)126)31-24-48-143-145(133,134)106-76(98(129)130)39-42-84(118)119/h14,17-22,26-30,32-36,61-65,70,74-77,79,85,87-88,90-91,120H,13,15-16,23-25,31,37-60H2,1-12H3,(H,100,121)(H,101,114)(H,102,115)(H,103,122)(H,104,123)(H,118,119)(H,125,126)(H,127,128)(H,129,130)(H,131,132)(H,135,136)(H2,106,133,134)/t63-,64+,65+,70?,74+,75-,76-,77-,79+,85-,87-,88-,90+,91+/m0/s1. The second-order valence-corrected chi connectivity index (χ2v) is 40.5. The normalized spacial score (nSPS) is 16.5. The van der Waals surface area contributed by atoms with Crippen molar-refractivity contribution in [3.05, 3.63) is 125 Å². The molecule has 808 valence electrons.